The number of hydrogen-bond acceptors (Lipinski definition) is 4. The van der Waals surface area contributed by atoms with Crippen LogP contribution in [0.2, 0.25) is 0 Å². The zero-order chi connectivity index (χ0) is 14.8. The summed E-state index contributed by atoms with van der Waals surface area (Å²) in [4.78, 5) is 11.7. The Hall–Kier alpha value is -1.85. The number of nitrogens with zero attached hydrogens (tertiary/aromatic N) is 1. The smallest absolute Gasteiger partial charge is 0.337 e. The molecule has 0 spiro atoms. The fraction of sp³-hybridized carbons (Fsp3) is 0.438. The van der Waals surface area contributed by atoms with Crippen LogP contribution in [-0.2, 0) is 22.9 Å². The third-order valence-electron chi connectivity index (χ3n) is 3.96. The molecule has 112 valence electrons. The number of carbonyl (C=O) groups excluding carboxylic acids is 1. The summed E-state index contributed by atoms with van der Waals surface area (Å²) < 4.78 is 12.4. The maximum atomic E-state index is 11.7. The Labute approximate surface area is 123 Å². The second-order valence-corrected chi connectivity index (χ2v) is 5.42. The van der Waals surface area contributed by atoms with Crippen molar-refractivity contribution in [1.82, 2.24) is 9.88 Å². The van der Waals surface area contributed by atoms with Crippen molar-refractivity contribution in [2.24, 2.45) is 7.05 Å². The number of fused-ring (bicyclic) bond motifs is 1. The fourth-order valence-electron chi connectivity index (χ4n) is 2.90. The monoisotopic (exact) mass is 288 g/mol. The summed E-state index contributed by atoms with van der Waals surface area (Å²) in [7, 11) is 3.43. The van der Waals surface area contributed by atoms with Crippen LogP contribution in [0.3, 0.4) is 0 Å². The number of carbonyl (C=O) groups is 1. The summed E-state index contributed by atoms with van der Waals surface area (Å²) in [5.41, 5.74) is 2.93. The van der Waals surface area contributed by atoms with E-state index in [2.05, 4.69) is 16.1 Å². The van der Waals surface area contributed by atoms with Gasteiger partial charge in [-0.2, -0.15) is 0 Å². The van der Waals surface area contributed by atoms with E-state index >= 15 is 0 Å². The molecule has 1 aliphatic rings. The topological polar surface area (TPSA) is 52.5 Å². The fourth-order valence-corrected chi connectivity index (χ4v) is 2.90. The number of ether oxygens (including phenoxy) is 2. The Morgan fingerprint density at radius 3 is 3.10 bits per heavy atom. The highest BCUT2D eigenvalue weighted by molar-refractivity contribution is 5.95. The molecule has 1 aromatic carbocycles. The summed E-state index contributed by atoms with van der Waals surface area (Å²) in [6.07, 6.45) is 3.02. The molecule has 21 heavy (non-hydrogen) atoms. The Bertz CT molecular complexity index is 657. The predicted molar refractivity (Wildman–Crippen MR) is 80.6 cm³/mol. The Morgan fingerprint density at radius 2 is 2.38 bits per heavy atom. The number of aromatic nitrogens is 1. The highest BCUT2D eigenvalue weighted by Gasteiger charge is 2.17. The molecule has 2 aromatic rings. The van der Waals surface area contributed by atoms with Crippen molar-refractivity contribution in [2.45, 2.75) is 12.5 Å². The van der Waals surface area contributed by atoms with Crippen LogP contribution in [0.1, 0.15) is 15.9 Å². The van der Waals surface area contributed by atoms with E-state index in [1.165, 1.54) is 12.7 Å². The van der Waals surface area contributed by atoms with Gasteiger partial charge in [0, 0.05) is 36.7 Å². The largest absolute Gasteiger partial charge is 0.465 e. The van der Waals surface area contributed by atoms with Gasteiger partial charge in [-0.25, -0.2) is 4.79 Å². The van der Waals surface area contributed by atoms with Gasteiger partial charge >= 0.3 is 5.97 Å². The van der Waals surface area contributed by atoms with Crippen molar-refractivity contribution in [3.8, 4) is 0 Å². The van der Waals surface area contributed by atoms with Crippen molar-refractivity contribution in [2.75, 3.05) is 26.9 Å². The molecule has 1 saturated heterocycles. The van der Waals surface area contributed by atoms with Gasteiger partial charge in [0.25, 0.3) is 0 Å². The Kier molecular flexibility index (Phi) is 3.94. The van der Waals surface area contributed by atoms with E-state index < -0.39 is 0 Å². The first-order valence-corrected chi connectivity index (χ1v) is 7.16. The van der Waals surface area contributed by atoms with E-state index in [1.54, 1.807) is 6.07 Å². The first-order valence-electron chi connectivity index (χ1n) is 7.16. The Balaban J connectivity index is 1.95. The van der Waals surface area contributed by atoms with Gasteiger partial charge in [-0.3, -0.25) is 0 Å². The minimum absolute atomic E-state index is 0.300. The first kappa shape index (κ1) is 14.1. The molecule has 3 rings (SSSR count). The molecule has 0 amide bonds. The number of nitrogens with one attached hydrogen (secondary N) is 1. The molecule has 0 aliphatic carbocycles. The minimum atomic E-state index is -0.300. The number of rotatable bonds is 3. The van der Waals surface area contributed by atoms with E-state index in [1.807, 2.05) is 19.2 Å². The van der Waals surface area contributed by atoms with Crippen LogP contribution < -0.4 is 5.32 Å². The average molecular weight is 288 g/mol. The van der Waals surface area contributed by atoms with Crippen LogP contribution >= 0.6 is 0 Å². The van der Waals surface area contributed by atoms with Gasteiger partial charge in [0.1, 0.15) is 0 Å². The third kappa shape index (κ3) is 2.80. The lowest BCUT2D eigenvalue weighted by Gasteiger charge is -2.23. The third-order valence-corrected chi connectivity index (χ3v) is 3.96. The molecule has 1 N–H and O–H groups in total. The number of morpholine rings is 1. The molecule has 5 nitrogen and oxygen atoms in total. The van der Waals surface area contributed by atoms with Crippen LogP contribution in [0, 0.1) is 0 Å². The predicted octanol–water partition coefficient (Wildman–Crippen LogP) is 1.50. The van der Waals surface area contributed by atoms with Gasteiger partial charge in [0.2, 0.25) is 0 Å². The summed E-state index contributed by atoms with van der Waals surface area (Å²) >= 11 is 0. The number of aryl methyl sites for hydroxylation is 1. The second-order valence-electron chi connectivity index (χ2n) is 5.42. The summed E-state index contributed by atoms with van der Waals surface area (Å²) in [6.45, 7) is 2.40. The minimum Gasteiger partial charge on any atom is -0.465 e. The first-order chi connectivity index (χ1) is 10.2. The van der Waals surface area contributed by atoms with E-state index in [0.717, 1.165) is 37.1 Å². The van der Waals surface area contributed by atoms with Crippen LogP contribution in [0.4, 0.5) is 0 Å². The number of methoxy groups -OCH3 is 1. The summed E-state index contributed by atoms with van der Waals surface area (Å²) in [5, 5.41) is 4.57. The standard InChI is InChI=1S/C16H20N2O3/c1-18-9-12(7-13-10-21-6-5-17-13)14-8-11(16(19)20-2)3-4-15(14)18/h3-4,8-9,13,17H,5-7,10H2,1-2H3/t13-/m0/s1. The van der Waals surface area contributed by atoms with Crippen LogP contribution in [0.15, 0.2) is 24.4 Å². The van der Waals surface area contributed by atoms with Gasteiger partial charge in [0.05, 0.1) is 25.9 Å². The maximum Gasteiger partial charge on any atom is 0.337 e. The lowest BCUT2D eigenvalue weighted by atomic mass is 10.0. The maximum absolute atomic E-state index is 11.7. The van der Waals surface area contributed by atoms with Crippen molar-refractivity contribution >= 4 is 16.9 Å². The highest BCUT2D eigenvalue weighted by Crippen LogP contribution is 2.24. The molecule has 1 aliphatic heterocycles. The molecule has 0 bridgehead atoms. The molecule has 1 aromatic heterocycles. The molecule has 2 heterocycles. The van der Waals surface area contributed by atoms with E-state index in [0.29, 0.717) is 11.6 Å². The number of esters is 1. The lowest BCUT2D eigenvalue weighted by Crippen LogP contribution is -2.42. The summed E-state index contributed by atoms with van der Waals surface area (Å²) in [6, 6.07) is 6.02. The van der Waals surface area contributed by atoms with Gasteiger partial charge in [0.15, 0.2) is 0 Å². The van der Waals surface area contributed by atoms with Gasteiger partial charge in [-0.15, -0.1) is 0 Å². The SMILES string of the molecule is COC(=O)c1ccc2c(c1)c(C[C@H]1COCCN1)cn2C. The van der Waals surface area contributed by atoms with E-state index in [4.69, 9.17) is 9.47 Å². The highest BCUT2D eigenvalue weighted by atomic mass is 16.5. The second kappa shape index (κ2) is 5.87. The average Bonchev–Trinajstić information content (AvgIpc) is 2.83. The zero-order valence-electron chi connectivity index (χ0n) is 12.4. The summed E-state index contributed by atoms with van der Waals surface area (Å²) in [5.74, 6) is -0.300. The van der Waals surface area contributed by atoms with Gasteiger partial charge in [-0.05, 0) is 30.2 Å². The molecule has 0 radical (unpaired) electrons. The molecular weight excluding hydrogens is 268 g/mol. The van der Waals surface area contributed by atoms with Crippen molar-refractivity contribution in [3.63, 3.8) is 0 Å². The quantitative estimate of drug-likeness (QED) is 0.870. The molecule has 1 atom stereocenters. The van der Waals surface area contributed by atoms with E-state index in [-0.39, 0.29) is 5.97 Å². The van der Waals surface area contributed by atoms with Crippen molar-refractivity contribution < 1.29 is 14.3 Å². The molecule has 1 fully saturated rings. The molecular formula is C16H20N2O3. The van der Waals surface area contributed by atoms with Crippen LogP contribution in [-0.4, -0.2) is 43.4 Å². The lowest BCUT2D eigenvalue weighted by molar-refractivity contribution is 0.0601. The number of hydrogen-bond donors (Lipinski definition) is 1. The van der Waals surface area contributed by atoms with Crippen LogP contribution in [0.5, 0.6) is 0 Å². The van der Waals surface area contributed by atoms with Crippen molar-refractivity contribution in [3.05, 3.63) is 35.5 Å². The van der Waals surface area contributed by atoms with Crippen LogP contribution in [0.25, 0.3) is 10.9 Å². The molecule has 0 saturated carbocycles. The molecule has 0 unspecified atom stereocenters. The zero-order valence-corrected chi connectivity index (χ0v) is 12.4. The van der Waals surface area contributed by atoms with E-state index in [9.17, 15) is 4.79 Å². The van der Waals surface area contributed by atoms with Gasteiger partial charge in [-0.1, -0.05) is 0 Å². The Morgan fingerprint density at radius 1 is 1.52 bits per heavy atom. The van der Waals surface area contributed by atoms with Crippen molar-refractivity contribution in [1.29, 1.82) is 0 Å². The number of benzene rings is 1. The normalized spacial score (nSPS) is 18.9. The van der Waals surface area contributed by atoms with Gasteiger partial charge < -0.3 is 19.4 Å². The molecule has 5 heteroatoms.